The molecule has 9 heteroatoms. The highest BCUT2D eigenvalue weighted by atomic mass is 35.5. The van der Waals surface area contributed by atoms with Crippen molar-refractivity contribution < 1.29 is 19.0 Å². The molecule has 0 fully saturated rings. The molecule has 0 saturated carbocycles. The van der Waals surface area contributed by atoms with E-state index in [1.54, 1.807) is 36.8 Å². The number of thiazole rings is 1. The minimum absolute atomic E-state index is 0.185. The molecule has 1 aromatic heterocycles. The molecular formula is C36H29ClN2O5S. The molecule has 6 rings (SSSR count). The molecule has 1 aliphatic rings. The van der Waals surface area contributed by atoms with Crippen LogP contribution in [0.25, 0.3) is 11.8 Å². The van der Waals surface area contributed by atoms with Crippen LogP contribution in [0.2, 0.25) is 5.02 Å². The third-order valence-electron chi connectivity index (χ3n) is 7.26. The van der Waals surface area contributed by atoms with Crippen LogP contribution in [0.5, 0.6) is 11.5 Å². The Balaban J connectivity index is 1.49. The summed E-state index contributed by atoms with van der Waals surface area (Å²) in [5.41, 5.74) is 3.64. The maximum atomic E-state index is 14.2. The zero-order valence-electron chi connectivity index (χ0n) is 24.6. The first kappa shape index (κ1) is 30.1. The number of hydrogen-bond acceptors (Lipinski definition) is 7. The third kappa shape index (κ3) is 6.20. The highest BCUT2D eigenvalue weighted by molar-refractivity contribution is 7.07. The summed E-state index contributed by atoms with van der Waals surface area (Å²) in [6.07, 6.45) is 1.75. The van der Waals surface area contributed by atoms with Gasteiger partial charge in [-0.15, -0.1) is 0 Å². The molecule has 0 radical (unpaired) electrons. The molecule has 4 aromatic carbocycles. The Labute approximate surface area is 268 Å². The van der Waals surface area contributed by atoms with Crippen molar-refractivity contribution >= 4 is 40.7 Å². The molecule has 0 amide bonds. The molecule has 0 N–H and O–H groups in total. The second-order valence-electron chi connectivity index (χ2n) is 10.2. The fourth-order valence-electron chi connectivity index (χ4n) is 5.24. The number of hydrogen-bond donors (Lipinski definition) is 0. The summed E-state index contributed by atoms with van der Waals surface area (Å²) in [4.78, 5) is 33.1. The molecule has 0 unspecified atom stereocenters. The fraction of sp³-hybridized carbons (Fsp3) is 0.139. The number of methoxy groups -OCH3 is 1. The zero-order chi connectivity index (χ0) is 31.3. The maximum absolute atomic E-state index is 14.2. The highest BCUT2D eigenvalue weighted by Crippen LogP contribution is 2.38. The van der Waals surface area contributed by atoms with Crippen LogP contribution >= 0.6 is 22.9 Å². The molecule has 0 spiro atoms. The van der Waals surface area contributed by atoms with Crippen LogP contribution in [-0.2, 0) is 16.1 Å². The molecule has 5 aromatic rings. The van der Waals surface area contributed by atoms with Crippen molar-refractivity contribution in [2.45, 2.75) is 19.6 Å². The van der Waals surface area contributed by atoms with Crippen molar-refractivity contribution in [3.05, 3.63) is 156 Å². The van der Waals surface area contributed by atoms with E-state index in [4.69, 9.17) is 30.8 Å². The van der Waals surface area contributed by atoms with Crippen molar-refractivity contribution in [3.63, 3.8) is 0 Å². The van der Waals surface area contributed by atoms with Crippen LogP contribution in [-0.4, -0.2) is 24.3 Å². The number of fused-ring (bicyclic) bond motifs is 1. The first-order chi connectivity index (χ1) is 22.0. The monoisotopic (exact) mass is 636 g/mol. The molecule has 45 heavy (non-hydrogen) atoms. The zero-order valence-corrected chi connectivity index (χ0v) is 26.2. The Morgan fingerprint density at radius 1 is 0.978 bits per heavy atom. The van der Waals surface area contributed by atoms with Gasteiger partial charge in [0.05, 0.1) is 40.6 Å². The lowest BCUT2D eigenvalue weighted by Crippen LogP contribution is -2.39. The van der Waals surface area contributed by atoms with Gasteiger partial charge in [-0.25, -0.2) is 9.79 Å². The quantitative estimate of drug-likeness (QED) is 0.181. The predicted molar refractivity (Wildman–Crippen MR) is 176 cm³/mol. The van der Waals surface area contributed by atoms with E-state index < -0.39 is 12.0 Å². The van der Waals surface area contributed by atoms with E-state index in [2.05, 4.69) is 0 Å². The van der Waals surface area contributed by atoms with Crippen LogP contribution in [0, 0.1) is 0 Å². The predicted octanol–water partition coefficient (Wildman–Crippen LogP) is 6.18. The lowest BCUT2D eigenvalue weighted by Gasteiger charge is -2.25. The lowest BCUT2D eigenvalue weighted by molar-refractivity contribution is -0.138. The number of ether oxygens (including phenoxy) is 3. The number of rotatable bonds is 9. The number of esters is 1. The Bertz CT molecular complexity index is 2060. The van der Waals surface area contributed by atoms with Gasteiger partial charge in [-0.1, -0.05) is 114 Å². The highest BCUT2D eigenvalue weighted by Gasteiger charge is 2.35. The van der Waals surface area contributed by atoms with Gasteiger partial charge in [0.15, 0.2) is 16.3 Å². The van der Waals surface area contributed by atoms with Gasteiger partial charge >= 0.3 is 5.97 Å². The molecule has 2 heterocycles. The van der Waals surface area contributed by atoms with Gasteiger partial charge in [0.1, 0.15) is 6.61 Å². The SMILES string of the molecule is CCOC(=O)C1=C(c2ccccc2)N=c2s/c(=C\c3cc(Cl)c(OCc4ccccc4)c(OC)c3)c(=O)n2[C@H]1c1ccccc1. The van der Waals surface area contributed by atoms with Gasteiger partial charge in [-0.3, -0.25) is 9.36 Å². The second kappa shape index (κ2) is 13.4. The first-order valence-electron chi connectivity index (χ1n) is 14.4. The van der Waals surface area contributed by atoms with Gasteiger partial charge < -0.3 is 14.2 Å². The summed E-state index contributed by atoms with van der Waals surface area (Å²) in [5.74, 6) is 0.332. The summed E-state index contributed by atoms with van der Waals surface area (Å²) in [7, 11) is 1.54. The number of carbonyl (C=O) groups excluding carboxylic acids is 1. The molecular weight excluding hydrogens is 608 g/mol. The van der Waals surface area contributed by atoms with Crippen LogP contribution in [0.3, 0.4) is 0 Å². The molecule has 1 atom stereocenters. The van der Waals surface area contributed by atoms with Crippen LogP contribution in [0.4, 0.5) is 0 Å². The number of carbonyl (C=O) groups is 1. The molecule has 1 aliphatic heterocycles. The Morgan fingerprint density at radius 2 is 1.64 bits per heavy atom. The van der Waals surface area contributed by atoms with Crippen molar-refractivity contribution in [2.75, 3.05) is 13.7 Å². The summed E-state index contributed by atoms with van der Waals surface area (Å²) in [6.45, 7) is 2.26. The number of benzene rings is 4. The summed E-state index contributed by atoms with van der Waals surface area (Å²) < 4.78 is 19.1. The largest absolute Gasteiger partial charge is 0.493 e. The van der Waals surface area contributed by atoms with Crippen LogP contribution in [0.1, 0.15) is 35.2 Å². The average molecular weight is 637 g/mol. The minimum atomic E-state index is -0.745. The second-order valence-corrected chi connectivity index (χ2v) is 11.6. The van der Waals surface area contributed by atoms with Crippen molar-refractivity contribution in [1.82, 2.24) is 4.57 Å². The van der Waals surface area contributed by atoms with Gasteiger partial charge in [0, 0.05) is 5.56 Å². The van der Waals surface area contributed by atoms with E-state index in [1.165, 1.54) is 11.3 Å². The smallest absolute Gasteiger partial charge is 0.338 e. The van der Waals surface area contributed by atoms with E-state index in [1.807, 2.05) is 91.0 Å². The first-order valence-corrected chi connectivity index (χ1v) is 15.6. The summed E-state index contributed by atoms with van der Waals surface area (Å²) in [5, 5.41) is 0.349. The Morgan fingerprint density at radius 3 is 2.31 bits per heavy atom. The summed E-state index contributed by atoms with van der Waals surface area (Å²) in [6, 6.07) is 31.4. The molecule has 0 saturated heterocycles. The molecule has 0 aliphatic carbocycles. The van der Waals surface area contributed by atoms with Crippen LogP contribution < -0.4 is 24.4 Å². The number of halogens is 1. The Kier molecular flexibility index (Phi) is 8.96. The lowest BCUT2D eigenvalue weighted by atomic mass is 9.93. The van der Waals surface area contributed by atoms with E-state index in [0.717, 1.165) is 16.7 Å². The summed E-state index contributed by atoms with van der Waals surface area (Å²) >= 11 is 7.92. The maximum Gasteiger partial charge on any atom is 0.338 e. The Hall–Kier alpha value is -4.92. The van der Waals surface area contributed by atoms with Crippen molar-refractivity contribution in [1.29, 1.82) is 0 Å². The minimum Gasteiger partial charge on any atom is -0.493 e. The number of nitrogens with zero attached hydrogens (tertiary/aromatic N) is 2. The van der Waals surface area contributed by atoms with Gasteiger partial charge in [0.25, 0.3) is 5.56 Å². The van der Waals surface area contributed by atoms with E-state index >= 15 is 0 Å². The van der Waals surface area contributed by atoms with Gasteiger partial charge in [-0.2, -0.15) is 0 Å². The molecule has 7 nitrogen and oxygen atoms in total. The third-order valence-corrected chi connectivity index (χ3v) is 8.53. The fourth-order valence-corrected chi connectivity index (χ4v) is 6.51. The standard InChI is InChI=1S/C36H29ClN2O5S/c1-3-43-35(41)30-31(25-15-9-5-10-16-25)38-36-39(32(30)26-17-11-6-12-18-26)34(40)29(45-36)21-24-19-27(37)33(28(20-24)42-2)44-22-23-13-7-4-8-14-23/h4-21,32H,3,22H2,1-2H3/b29-21-/t32-/m0/s1. The average Bonchev–Trinajstić information content (AvgIpc) is 3.38. The normalized spacial score (nSPS) is 14.5. The van der Waals surface area contributed by atoms with E-state index in [-0.39, 0.29) is 12.2 Å². The van der Waals surface area contributed by atoms with Gasteiger partial charge in [-0.05, 0) is 41.8 Å². The van der Waals surface area contributed by atoms with E-state index in [9.17, 15) is 9.59 Å². The van der Waals surface area contributed by atoms with E-state index in [0.29, 0.717) is 49.3 Å². The molecule has 0 bridgehead atoms. The number of aromatic nitrogens is 1. The van der Waals surface area contributed by atoms with Crippen molar-refractivity contribution in [2.24, 2.45) is 4.99 Å². The topological polar surface area (TPSA) is 79.1 Å². The van der Waals surface area contributed by atoms with Gasteiger partial charge in [0.2, 0.25) is 0 Å². The molecule has 226 valence electrons. The van der Waals surface area contributed by atoms with Crippen LogP contribution in [0.15, 0.2) is 118 Å². The van der Waals surface area contributed by atoms with Crippen molar-refractivity contribution in [3.8, 4) is 11.5 Å².